The third-order valence-corrected chi connectivity index (χ3v) is 1.78. The van der Waals surface area contributed by atoms with Gasteiger partial charge in [0.2, 0.25) is 0 Å². The summed E-state index contributed by atoms with van der Waals surface area (Å²) < 4.78 is 0. The van der Waals surface area contributed by atoms with Crippen LogP contribution in [0.4, 0.5) is 0 Å². The number of nitrogens with one attached hydrogen (secondary N) is 1. The van der Waals surface area contributed by atoms with Crippen molar-refractivity contribution >= 4 is 12.0 Å². The molecular formula is C11H13NO2. The first-order valence-electron chi connectivity index (χ1n) is 4.37. The van der Waals surface area contributed by atoms with E-state index in [9.17, 15) is 4.79 Å². The lowest BCUT2D eigenvalue weighted by Gasteiger charge is -1.99. The largest absolute Gasteiger partial charge is 0.478 e. The Kier molecular flexibility index (Phi) is 3.88. The minimum atomic E-state index is -0.927. The van der Waals surface area contributed by atoms with Gasteiger partial charge in [-0.15, -0.1) is 0 Å². The van der Waals surface area contributed by atoms with Crippen LogP contribution in [0.2, 0.25) is 0 Å². The van der Waals surface area contributed by atoms with Gasteiger partial charge in [-0.2, -0.15) is 0 Å². The third kappa shape index (κ3) is 3.41. The topological polar surface area (TPSA) is 49.3 Å². The number of hydrogen-bond acceptors (Lipinski definition) is 2. The van der Waals surface area contributed by atoms with Crippen LogP contribution in [-0.2, 0) is 11.3 Å². The monoisotopic (exact) mass is 191 g/mol. The fraction of sp³-hybridized carbons (Fsp3) is 0.182. The molecule has 14 heavy (non-hydrogen) atoms. The molecule has 0 aliphatic heterocycles. The van der Waals surface area contributed by atoms with Crippen molar-refractivity contribution in [3.8, 4) is 0 Å². The molecule has 0 aliphatic rings. The maximum Gasteiger partial charge on any atom is 0.328 e. The average Bonchev–Trinajstić information content (AvgIpc) is 2.17. The van der Waals surface area contributed by atoms with E-state index in [0.717, 1.165) is 18.2 Å². The van der Waals surface area contributed by atoms with Gasteiger partial charge in [-0.25, -0.2) is 4.79 Å². The highest BCUT2D eigenvalue weighted by atomic mass is 16.4. The first-order valence-corrected chi connectivity index (χ1v) is 4.37. The summed E-state index contributed by atoms with van der Waals surface area (Å²) in [6.45, 7) is 0.822. The maximum atomic E-state index is 10.2. The molecule has 0 spiro atoms. The molecule has 0 fully saturated rings. The van der Waals surface area contributed by atoms with Gasteiger partial charge in [-0.05, 0) is 24.3 Å². The van der Waals surface area contributed by atoms with Crippen molar-refractivity contribution < 1.29 is 9.90 Å². The van der Waals surface area contributed by atoms with Crippen LogP contribution in [0.1, 0.15) is 11.1 Å². The number of carboxylic acids is 1. The molecular weight excluding hydrogens is 178 g/mol. The van der Waals surface area contributed by atoms with E-state index < -0.39 is 5.97 Å². The molecule has 1 aromatic carbocycles. The summed E-state index contributed by atoms with van der Waals surface area (Å²) in [7, 11) is 1.89. The normalized spacial score (nSPS) is 10.6. The summed E-state index contributed by atoms with van der Waals surface area (Å²) in [5.41, 5.74) is 2.08. The number of carboxylic acid groups (broad SMARTS) is 1. The SMILES string of the molecule is CNCc1ccc(/C=C/C(=O)O)cc1. The summed E-state index contributed by atoms with van der Waals surface area (Å²) in [4.78, 5) is 10.2. The zero-order valence-electron chi connectivity index (χ0n) is 8.03. The third-order valence-electron chi connectivity index (χ3n) is 1.78. The molecule has 1 rings (SSSR count). The summed E-state index contributed by atoms with van der Waals surface area (Å²) in [6.07, 6.45) is 2.71. The molecule has 2 N–H and O–H groups in total. The molecule has 3 heteroatoms. The van der Waals surface area contributed by atoms with Gasteiger partial charge >= 0.3 is 5.97 Å². The van der Waals surface area contributed by atoms with Crippen LogP contribution in [0.3, 0.4) is 0 Å². The van der Waals surface area contributed by atoms with Gasteiger partial charge in [0, 0.05) is 12.6 Å². The quantitative estimate of drug-likeness (QED) is 0.709. The standard InChI is InChI=1S/C11H13NO2/c1-12-8-10-4-2-9(3-5-10)6-7-11(13)14/h2-7,12H,8H2,1H3,(H,13,14)/b7-6+. The van der Waals surface area contributed by atoms with Crippen molar-refractivity contribution in [2.75, 3.05) is 7.05 Å². The Balaban J connectivity index is 2.68. The molecule has 1 aromatic rings. The zero-order valence-corrected chi connectivity index (χ0v) is 8.03. The van der Waals surface area contributed by atoms with E-state index in [1.807, 2.05) is 31.3 Å². The van der Waals surface area contributed by atoms with Crippen molar-refractivity contribution in [3.05, 3.63) is 41.5 Å². The Morgan fingerprint density at radius 1 is 1.43 bits per heavy atom. The van der Waals surface area contributed by atoms with E-state index in [1.165, 1.54) is 5.56 Å². The molecule has 0 unspecified atom stereocenters. The Morgan fingerprint density at radius 3 is 2.57 bits per heavy atom. The zero-order chi connectivity index (χ0) is 10.4. The minimum absolute atomic E-state index is 0.822. The molecule has 0 saturated carbocycles. The molecule has 0 bridgehead atoms. The Morgan fingerprint density at radius 2 is 2.07 bits per heavy atom. The van der Waals surface area contributed by atoms with E-state index in [2.05, 4.69) is 5.32 Å². The van der Waals surface area contributed by atoms with Gasteiger partial charge in [0.1, 0.15) is 0 Å². The van der Waals surface area contributed by atoms with Crippen molar-refractivity contribution in [1.82, 2.24) is 5.32 Å². The maximum absolute atomic E-state index is 10.2. The second kappa shape index (κ2) is 5.19. The van der Waals surface area contributed by atoms with Crippen molar-refractivity contribution in [2.45, 2.75) is 6.54 Å². The number of hydrogen-bond donors (Lipinski definition) is 2. The van der Waals surface area contributed by atoms with Crippen molar-refractivity contribution in [1.29, 1.82) is 0 Å². The first-order chi connectivity index (χ1) is 6.72. The molecule has 74 valence electrons. The van der Waals surface area contributed by atoms with Crippen LogP contribution in [0.5, 0.6) is 0 Å². The Hall–Kier alpha value is -1.61. The second-order valence-corrected chi connectivity index (χ2v) is 2.94. The molecule has 0 amide bonds. The lowest BCUT2D eigenvalue weighted by atomic mass is 10.1. The van der Waals surface area contributed by atoms with E-state index in [4.69, 9.17) is 5.11 Å². The lowest BCUT2D eigenvalue weighted by Crippen LogP contribution is -2.04. The highest BCUT2D eigenvalue weighted by molar-refractivity contribution is 5.85. The van der Waals surface area contributed by atoms with Crippen molar-refractivity contribution in [2.24, 2.45) is 0 Å². The second-order valence-electron chi connectivity index (χ2n) is 2.94. The van der Waals surface area contributed by atoms with E-state index in [-0.39, 0.29) is 0 Å². The van der Waals surface area contributed by atoms with Gasteiger partial charge in [0.15, 0.2) is 0 Å². The molecule has 3 nitrogen and oxygen atoms in total. The van der Waals surface area contributed by atoms with Gasteiger partial charge in [-0.3, -0.25) is 0 Å². The van der Waals surface area contributed by atoms with Crippen LogP contribution >= 0.6 is 0 Å². The highest BCUT2D eigenvalue weighted by Crippen LogP contribution is 2.05. The van der Waals surface area contributed by atoms with E-state index in [1.54, 1.807) is 6.08 Å². The molecule has 0 atom stereocenters. The predicted molar refractivity (Wildman–Crippen MR) is 55.9 cm³/mol. The summed E-state index contributed by atoms with van der Waals surface area (Å²) in [5.74, 6) is -0.927. The van der Waals surface area contributed by atoms with Crippen LogP contribution in [0, 0.1) is 0 Å². The predicted octanol–water partition coefficient (Wildman–Crippen LogP) is 1.50. The van der Waals surface area contributed by atoms with Gasteiger partial charge in [0.05, 0.1) is 0 Å². The summed E-state index contributed by atoms with van der Waals surface area (Å²) >= 11 is 0. The summed E-state index contributed by atoms with van der Waals surface area (Å²) in [5, 5.41) is 11.5. The van der Waals surface area contributed by atoms with Crippen LogP contribution in [-0.4, -0.2) is 18.1 Å². The number of aliphatic carboxylic acids is 1. The molecule has 0 aromatic heterocycles. The minimum Gasteiger partial charge on any atom is -0.478 e. The first kappa shape index (κ1) is 10.5. The lowest BCUT2D eigenvalue weighted by molar-refractivity contribution is -0.131. The number of carbonyl (C=O) groups is 1. The average molecular weight is 191 g/mol. The number of rotatable bonds is 4. The number of benzene rings is 1. The van der Waals surface area contributed by atoms with Crippen LogP contribution < -0.4 is 5.32 Å². The smallest absolute Gasteiger partial charge is 0.328 e. The van der Waals surface area contributed by atoms with Crippen LogP contribution in [0.25, 0.3) is 6.08 Å². The summed E-state index contributed by atoms with van der Waals surface area (Å²) in [6, 6.07) is 7.73. The molecule has 0 radical (unpaired) electrons. The fourth-order valence-electron chi connectivity index (χ4n) is 1.12. The fourth-order valence-corrected chi connectivity index (χ4v) is 1.12. The van der Waals surface area contributed by atoms with Crippen LogP contribution in [0.15, 0.2) is 30.3 Å². The Bertz CT molecular complexity index is 328. The van der Waals surface area contributed by atoms with E-state index >= 15 is 0 Å². The Labute approximate surface area is 83.1 Å². The van der Waals surface area contributed by atoms with Gasteiger partial charge in [-0.1, -0.05) is 24.3 Å². The molecule has 0 heterocycles. The highest BCUT2D eigenvalue weighted by Gasteiger charge is 1.91. The van der Waals surface area contributed by atoms with Gasteiger partial charge in [0.25, 0.3) is 0 Å². The molecule has 0 aliphatic carbocycles. The van der Waals surface area contributed by atoms with E-state index in [0.29, 0.717) is 0 Å². The molecule has 0 saturated heterocycles. The van der Waals surface area contributed by atoms with Crippen molar-refractivity contribution in [3.63, 3.8) is 0 Å². The van der Waals surface area contributed by atoms with Gasteiger partial charge < -0.3 is 10.4 Å².